The van der Waals surface area contributed by atoms with E-state index >= 15 is 0 Å². The molecule has 0 saturated carbocycles. The van der Waals surface area contributed by atoms with Crippen LogP contribution in [0, 0.1) is 18.3 Å². The minimum Gasteiger partial charge on any atom is -0.381 e. The van der Waals surface area contributed by atoms with Gasteiger partial charge in [0, 0.05) is 72.4 Å². The molecule has 3 N–H and O–H groups in total. The lowest BCUT2D eigenvalue weighted by Gasteiger charge is -2.23. The summed E-state index contributed by atoms with van der Waals surface area (Å²) in [6.45, 7) is 6.08. The maximum absolute atomic E-state index is 12.7. The predicted octanol–water partition coefficient (Wildman–Crippen LogP) is 4.10. The Labute approximate surface area is 210 Å². The lowest BCUT2D eigenvalue weighted by atomic mass is 9.82. The van der Waals surface area contributed by atoms with Crippen LogP contribution >= 0.6 is 0 Å². The zero-order valence-electron chi connectivity index (χ0n) is 20.5. The Bertz CT molecular complexity index is 1330. The molecule has 3 aromatic rings. The van der Waals surface area contributed by atoms with Crippen molar-refractivity contribution in [1.29, 1.82) is 5.26 Å². The third kappa shape index (κ3) is 4.86. The molecule has 9 heteroatoms. The largest absolute Gasteiger partial charge is 0.381 e. The normalized spacial score (nSPS) is 19.1. The van der Waals surface area contributed by atoms with Gasteiger partial charge in [-0.3, -0.25) is 4.79 Å². The second-order valence-corrected chi connectivity index (χ2v) is 9.65. The number of aromatic nitrogens is 3. The van der Waals surface area contributed by atoms with Crippen molar-refractivity contribution in [2.75, 3.05) is 30.4 Å². The highest BCUT2D eigenvalue weighted by molar-refractivity contribution is 5.95. The van der Waals surface area contributed by atoms with Crippen LogP contribution in [0.2, 0.25) is 0 Å². The minimum atomic E-state index is -0.281. The molecule has 0 aliphatic carbocycles. The van der Waals surface area contributed by atoms with Gasteiger partial charge in [0.1, 0.15) is 5.82 Å². The molecule has 9 nitrogen and oxygen atoms in total. The van der Waals surface area contributed by atoms with Crippen LogP contribution in [0.15, 0.2) is 42.7 Å². The number of benzene rings is 1. The molecule has 1 fully saturated rings. The molecule has 5 rings (SSSR count). The minimum absolute atomic E-state index is 0.0724. The number of ether oxygens (including phenoxy) is 1. The van der Waals surface area contributed by atoms with E-state index in [1.165, 1.54) is 0 Å². The first-order valence-corrected chi connectivity index (χ1v) is 12.2. The van der Waals surface area contributed by atoms with Crippen LogP contribution in [0.4, 0.5) is 17.5 Å². The van der Waals surface area contributed by atoms with Gasteiger partial charge in [0.25, 0.3) is 5.91 Å². The Balaban J connectivity index is 1.32. The first-order valence-electron chi connectivity index (χ1n) is 12.2. The standard InChI is InChI=1S/C27H29N7O2/c1-17-13-18(25(35)32-20-6-11-36-12-7-20)3-4-22(17)33-26-29-10-5-23(34-26)19-14-21-24(30-15-19)31-16-27(21,2)8-9-28/h3-5,10,13-15,20H,6-8,11-12,16H2,1-2H3,(H,30,31)(H,32,35)(H,29,33,34). The van der Waals surface area contributed by atoms with E-state index in [0.717, 1.165) is 46.7 Å². The number of amides is 1. The molecule has 184 valence electrons. The van der Waals surface area contributed by atoms with E-state index in [4.69, 9.17) is 9.72 Å². The van der Waals surface area contributed by atoms with E-state index < -0.39 is 0 Å². The van der Waals surface area contributed by atoms with Crippen LogP contribution in [0.1, 0.15) is 47.7 Å². The highest BCUT2D eigenvalue weighted by Gasteiger charge is 2.35. The summed E-state index contributed by atoms with van der Waals surface area (Å²) in [5.74, 6) is 1.20. The van der Waals surface area contributed by atoms with Gasteiger partial charge in [-0.05, 0) is 55.7 Å². The van der Waals surface area contributed by atoms with Crippen molar-refractivity contribution in [3.8, 4) is 17.3 Å². The summed E-state index contributed by atoms with van der Waals surface area (Å²) in [5.41, 5.74) is 4.71. The molecule has 2 aliphatic heterocycles. The Kier molecular flexibility index (Phi) is 6.53. The van der Waals surface area contributed by atoms with Crippen LogP contribution < -0.4 is 16.0 Å². The van der Waals surface area contributed by atoms with E-state index in [-0.39, 0.29) is 17.4 Å². The zero-order valence-corrected chi connectivity index (χ0v) is 20.5. The number of carbonyl (C=O) groups excluding carboxylic acids is 1. The van der Waals surface area contributed by atoms with Gasteiger partial charge >= 0.3 is 0 Å². The fourth-order valence-electron chi connectivity index (χ4n) is 4.67. The van der Waals surface area contributed by atoms with Crippen molar-refractivity contribution < 1.29 is 9.53 Å². The number of nitriles is 1. The fourth-order valence-corrected chi connectivity index (χ4v) is 4.67. The number of pyridine rings is 1. The van der Waals surface area contributed by atoms with Gasteiger partial charge in [0.2, 0.25) is 5.95 Å². The first kappa shape index (κ1) is 23.7. The van der Waals surface area contributed by atoms with Gasteiger partial charge in [-0.15, -0.1) is 0 Å². The Hall–Kier alpha value is -4.03. The summed E-state index contributed by atoms with van der Waals surface area (Å²) in [4.78, 5) is 26.3. The third-order valence-corrected chi connectivity index (χ3v) is 6.90. The van der Waals surface area contributed by atoms with Crippen molar-refractivity contribution in [1.82, 2.24) is 20.3 Å². The van der Waals surface area contributed by atoms with Gasteiger partial charge < -0.3 is 20.7 Å². The summed E-state index contributed by atoms with van der Waals surface area (Å²) in [5, 5.41) is 18.9. The Morgan fingerprint density at radius 2 is 2.08 bits per heavy atom. The van der Waals surface area contributed by atoms with E-state index in [0.29, 0.717) is 37.7 Å². The summed E-state index contributed by atoms with van der Waals surface area (Å²) in [6, 6.07) is 11.9. The molecule has 2 aliphatic rings. The molecule has 1 aromatic carbocycles. The van der Waals surface area contributed by atoms with E-state index in [1.54, 1.807) is 18.5 Å². The molecule has 1 saturated heterocycles. The lowest BCUT2D eigenvalue weighted by Crippen LogP contribution is -2.38. The Morgan fingerprint density at radius 1 is 1.25 bits per heavy atom. The SMILES string of the molecule is Cc1cc(C(=O)NC2CCOCC2)ccc1Nc1nccc(-c2cnc3c(c2)C(C)(CC#N)CN3)n1. The predicted molar refractivity (Wildman–Crippen MR) is 137 cm³/mol. The van der Waals surface area contributed by atoms with Crippen LogP contribution in [0.3, 0.4) is 0 Å². The summed E-state index contributed by atoms with van der Waals surface area (Å²) < 4.78 is 5.36. The van der Waals surface area contributed by atoms with E-state index in [9.17, 15) is 10.1 Å². The highest BCUT2D eigenvalue weighted by Crippen LogP contribution is 2.39. The van der Waals surface area contributed by atoms with Crippen LogP contribution in [0.25, 0.3) is 11.3 Å². The number of anilines is 3. The summed E-state index contributed by atoms with van der Waals surface area (Å²) in [6.07, 6.45) is 5.58. The number of aryl methyl sites for hydroxylation is 1. The summed E-state index contributed by atoms with van der Waals surface area (Å²) in [7, 11) is 0. The van der Waals surface area contributed by atoms with E-state index in [1.807, 2.05) is 25.1 Å². The second kappa shape index (κ2) is 9.91. The average molecular weight is 484 g/mol. The van der Waals surface area contributed by atoms with Crippen LogP contribution in [-0.4, -0.2) is 46.7 Å². The quantitative estimate of drug-likeness (QED) is 0.479. The smallest absolute Gasteiger partial charge is 0.251 e. The monoisotopic (exact) mass is 483 g/mol. The number of rotatable bonds is 6. The maximum atomic E-state index is 12.7. The maximum Gasteiger partial charge on any atom is 0.251 e. The lowest BCUT2D eigenvalue weighted by molar-refractivity contribution is 0.0696. The second-order valence-electron chi connectivity index (χ2n) is 9.65. The van der Waals surface area contributed by atoms with Gasteiger partial charge in [-0.1, -0.05) is 6.92 Å². The molecule has 36 heavy (non-hydrogen) atoms. The van der Waals surface area contributed by atoms with E-state index in [2.05, 4.69) is 45.0 Å². The molecule has 1 unspecified atom stereocenters. The Morgan fingerprint density at radius 3 is 2.86 bits per heavy atom. The van der Waals surface area contributed by atoms with Crippen molar-refractivity contribution >= 4 is 23.4 Å². The number of hydrogen-bond donors (Lipinski definition) is 3. The van der Waals surface area contributed by atoms with Crippen molar-refractivity contribution in [2.45, 2.75) is 44.6 Å². The van der Waals surface area contributed by atoms with Crippen molar-refractivity contribution in [3.05, 3.63) is 59.4 Å². The number of nitrogens with one attached hydrogen (secondary N) is 3. The molecule has 1 amide bonds. The topological polar surface area (TPSA) is 125 Å². The molecular weight excluding hydrogens is 454 g/mol. The number of nitrogens with zero attached hydrogens (tertiary/aromatic N) is 4. The van der Waals surface area contributed by atoms with Crippen molar-refractivity contribution in [2.24, 2.45) is 0 Å². The molecule has 0 bridgehead atoms. The highest BCUT2D eigenvalue weighted by atomic mass is 16.5. The van der Waals surface area contributed by atoms with Crippen LogP contribution in [-0.2, 0) is 10.2 Å². The summed E-state index contributed by atoms with van der Waals surface area (Å²) >= 11 is 0. The van der Waals surface area contributed by atoms with Gasteiger partial charge in [-0.2, -0.15) is 5.26 Å². The van der Waals surface area contributed by atoms with Gasteiger partial charge in [0.15, 0.2) is 0 Å². The molecule has 0 radical (unpaired) electrons. The molecular formula is C27H29N7O2. The molecule has 0 spiro atoms. The van der Waals surface area contributed by atoms with Crippen molar-refractivity contribution in [3.63, 3.8) is 0 Å². The third-order valence-electron chi connectivity index (χ3n) is 6.90. The first-order chi connectivity index (χ1) is 17.4. The fraction of sp³-hybridized carbons (Fsp3) is 0.370. The van der Waals surface area contributed by atoms with Crippen LogP contribution in [0.5, 0.6) is 0 Å². The number of carbonyl (C=O) groups is 1. The van der Waals surface area contributed by atoms with Gasteiger partial charge in [-0.25, -0.2) is 15.0 Å². The number of fused-ring (bicyclic) bond motifs is 1. The molecule has 2 aromatic heterocycles. The zero-order chi connectivity index (χ0) is 25.1. The number of hydrogen-bond acceptors (Lipinski definition) is 8. The molecule has 4 heterocycles. The average Bonchev–Trinajstić information content (AvgIpc) is 3.22. The van der Waals surface area contributed by atoms with Gasteiger partial charge in [0.05, 0.1) is 11.8 Å². The molecule has 1 atom stereocenters.